The zero-order chi connectivity index (χ0) is 14.4. The van der Waals surface area contributed by atoms with Crippen LogP contribution in [0.25, 0.3) is 0 Å². The second kappa shape index (κ2) is 7.03. The van der Waals surface area contributed by atoms with Crippen molar-refractivity contribution in [2.45, 2.75) is 26.2 Å². The summed E-state index contributed by atoms with van der Waals surface area (Å²) in [4.78, 5) is 29.8. The van der Waals surface area contributed by atoms with E-state index < -0.39 is 0 Å². The Labute approximate surface area is 118 Å². The molecule has 0 aromatic carbocycles. The monoisotopic (exact) mass is 276 g/mol. The average Bonchev–Trinajstić information content (AvgIpc) is 2.73. The molecular weight excluding hydrogens is 256 g/mol. The fourth-order valence-corrected chi connectivity index (χ4v) is 2.47. The first kappa shape index (κ1) is 14.5. The minimum atomic E-state index is -0.134. The van der Waals surface area contributed by atoms with E-state index in [1.165, 1.54) is 0 Å². The molecule has 1 aliphatic heterocycles. The fourth-order valence-electron chi connectivity index (χ4n) is 2.47. The van der Waals surface area contributed by atoms with Gasteiger partial charge in [0.05, 0.1) is 12.5 Å². The molecule has 20 heavy (non-hydrogen) atoms. The Morgan fingerprint density at radius 3 is 2.75 bits per heavy atom. The number of ether oxygens (including phenoxy) is 1. The number of likely N-dealkylation sites (tertiary alicyclic amines) is 1. The van der Waals surface area contributed by atoms with Gasteiger partial charge in [-0.2, -0.15) is 0 Å². The Morgan fingerprint density at radius 1 is 1.30 bits per heavy atom. The Bertz CT molecular complexity index is 461. The van der Waals surface area contributed by atoms with Gasteiger partial charge in [-0.15, -0.1) is 0 Å². The van der Waals surface area contributed by atoms with E-state index in [1.54, 1.807) is 24.5 Å². The van der Waals surface area contributed by atoms with Gasteiger partial charge < -0.3 is 9.64 Å². The molecule has 0 bridgehead atoms. The molecule has 0 aliphatic carbocycles. The maximum absolute atomic E-state index is 12.3. The van der Waals surface area contributed by atoms with Crippen LogP contribution in [0.15, 0.2) is 24.5 Å². The highest BCUT2D eigenvalue weighted by Crippen LogP contribution is 2.20. The van der Waals surface area contributed by atoms with Crippen LogP contribution in [0.3, 0.4) is 0 Å². The van der Waals surface area contributed by atoms with Gasteiger partial charge in [0.25, 0.3) is 5.91 Å². The lowest BCUT2D eigenvalue weighted by Gasteiger charge is -2.20. The first-order valence-electron chi connectivity index (χ1n) is 7.08. The molecule has 0 spiro atoms. The zero-order valence-electron chi connectivity index (χ0n) is 11.7. The van der Waals surface area contributed by atoms with E-state index in [0.717, 1.165) is 12.8 Å². The van der Waals surface area contributed by atoms with E-state index in [1.807, 2.05) is 11.8 Å². The maximum Gasteiger partial charge on any atom is 0.308 e. The molecule has 1 atom stereocenters. The number of esters is 1. The summed E-state index contributed by atoms with van der Waals surface area (Å²) in [5.74, 6) is -0.201. The lowest BCUT2D eigenvalue weighted by atomic mass is 10.0. The molecule has 5 nitrogen and oxygen atoms in total. The fraction of sp³-hybridized carbons (Fsp3) is 0.533. The molecule has 1 fully saturated rings. The number of hydrogen-bond acceptors (Lipinski definition) is 4. The standard InChI is InChI=1S/C15H20N2O3/c1-2-20-15(19)13-4-3-10-17(11-7-13)14(18)12-5-8-16-9-6-12/h5-6,8-9,13H,2-4,7,10-11H2,1H3. The second-order valence-corrected chi connectivity index (χ2v) is 4.91. The Morgan fingerprint density at radius 2 is 2.05 bits per heavy atom. The molecule has 1 aromatic heterocycles. The second-order valence-electron chi connectivity index (χ2n) is 4.91. The third-order valence-corrected chi connectivity index (χ3v) is 3.56. The van der Waals surface area contributed by atoms with Crippen LogP contribution in [0.4, 0.5) is 0 Å². The highest BCUT2D eigenvalue weighted by atomic mass is 16.5. The Kier molecular flexibility index (Phi) is 5.09. The number of pyridine rings is 1. The number of carbonyl (C=O) groups is 2. The molecule has 0 radical (unpaired) electrons. The topological polar surface area (TPSA) is 59.5 Å². The van der Waals surface area contributed by atoms with E-state index in [-0.39, 0.29) is 17.8 Å². The molecule has 1 amide bonds. The highest BCUT2D eigenvalue weighted by molar-refractivity contribution is 5.94. The van der Waals surface area contributed by atoms with Gasteiger partial charge in [0, 0.05) is 31.0 Å². The first-order valence-corrected chi connectivity index (χ1v) is 7.08. The normalized spacial score (nSPS) is 19.2. The molecule has 1 aromatic rings. The van der Waals surface area contributed by atoms with Crippen molar-refractivity contribution in [2.75, 3.05) is 19.7 Å². The third-order valence-electron chi connectivity index (χ3n) is 3.56. The van der Waals surface area contributed by atoms with E-state index in [9.17, 15) is 9.59 Å². The maximum atomic E-state index is 12.3. The summed E-state index contributed by atoms with van der Waals surface area (Å²) < 4.78 is 5.07. The van der Waals surface area contributed by atoms with E-state index in [2.05, 4.69) is 4.98 Å². The number of aromatic nitrogens is 1. The smallest absolute Gasteiger partial charge is 0.308 e. The summed E-state index contributed by atoms with van der Waals surface area (Å²) in [5, 5.41) is 0. The summed E-state index contributed by atoms with van der Waals surface area (Å²) in [6.45, 7) is 3.52. The lowest BCUT2D eigenvalue weighted by Crippen LogP contribution is -2.32. The van der Waals surface area contributed by atoms with Crippen LogP contribution in [-0.4, -0.2) is 41.5 Å². The van der Waals surface area contributed by atoms with Crippen molar-refractivity contribution in [2.24, 2.45) is 5.92 Å². The summed E-state index contributed by atoms with van der Waals surface area (Å²) >= 11 is 0. The molecule has 2 heterocycles. The molecule has 0 N–H and O–H groups in total. The molecular formula is C15H20N2O3. The average molecular weight is 276 g/mol. The third kappa shape index (κ3) is 3.56. The van der Waals surface area contributed by atoms with E-state index in [4.69, 9.17) is 4.74 Å². The van der Waals surface area contributed by atoms with Gasteiger partial charge in [-0.1, -0.05) is 0 Å². The van der Waals surface area contributed by atoms with Gasteiger partial charge in [0.15, 0.2) is 0 Å². The predicted molar refractivity (Wildman–Crippen MR) is 74.1 cm³/mol. The molecule has 108 valence electrons. The van der Waals surface area contributed by atoms with E-state index >= 15 is 0 Å². The number of hydrogen-bond donors (Lipinski definition) is 0. The molecule has 1 unspecified atom stereocenters. The zero-order valence-corrected chi connectivity index (χ0v) is 11.7. The number of rotatable bonds is 3. The van der Waals surface area contributed by atoms with E-state index in [0.29, 0.717) is 31.7 Å². The van der Waals surface area contributed by atoms with Crippen molar-refractivity contribution < 1.29 is 14.3 Å². The Hall–Kier alpha value is -1.91. The molecule has 5 heteroatoms. The van der Waals surface area contributed by atoms with Crippen molar-refractivity contribution >= 4 is 11.9 Å². The van der Waals surface area contributed by atoms with Crippen LogP contribution in [0.1, 0.15) is 36.5 Å². The van der Waals surface area contributed by atoms with Crippen molar-refractivity contribution in [1.82, 2.24) is 9.88 Å². The van der Waals surface area contributed by atoms with Crippen LogP contribution >= 0.6 is 0 Å². The first-order chi connectivity index (χ1) is 9.72. The van der Waals surface area contributed by atoms with Crippen molar-refractivity contribution in [3.63, 3.8) is 0 Å². The van der Waals surface area contributed by atoms with Crippen LogP contribution in [0.5, 0.6) is 0 Å². The lowest BCUT2D eigenvalue weighted by molar-refractivity contribution is -0.148. The summed E-state index contributed by atoms with van der Waals surface area (Å²) in [6.07, 6.45) is 5.54. The van der Waals surface area contributed by atoms with Gasteiger partial charge in [0.1, 0.15) is 0 Å². The number of nitrogens with zero attached hydrogens (tertiary/aromatic N) is 2. The van der Waals surface area contributed by atoms with Crippen molar-refractivity contribution in [1.29, 1.82) is 0 Å². The predicted octanol–water partition coefficient (Wildman–Crippen LogP) is 1.89. The van der Waals surface area contributed by atoms with Crippen molar-refractivity contribution in [3.05, 3.63) is 30.1 Å². The van der Waals surface area contributed by atoms with Gasteiger partial charge in [-0.25, -0.2) is 0 Å². The largest absolute Gasteiger partial charge is 0.466 e. The quantitative estimate of drug-likeness (QED) is 0.791. The molecule has 0 saturated carbocycles. The minimum absolute atomic E-state index is 0.0110. The van der Waals surface area contributed by atoms with Gasteiger partial charge in [-0.3, -0.25) is 14.6 Å². The number of amides is 1. The van der Waals surface area contributed by atoms with Crippen LogP contribution in [-0.2, 0) is 9.53 Å². The minimum Gasteiger partial charge on any atom is -0.466 e. The highest BCUT2D eigenvalue weighted by Gasteiger charge is 2.26. The van der Waals surface area contributed by atoms with Gasteiger partial charge >= 0.3 is 5.97 Å². The summed E-state index contributed by atoms with van der Waals surface area (Å²) in [7, 11) is 0. The molecule has 2 rings (SSSR count). The summed E-state index contributed by atoms with van der Waals surface area (Å²) in [5.41, 5.74) is 0.648. The molecule has 1 saturated heterocycles. The van der Waals surface area contributed by atoms with Gasteiger partial charge in [0.2, 0.25) is 0 Å². The van der Waals surface area contributed by atoms with Crippen LogP contribution in [0.2, 0.25) is 0 Å². The SMILES string of the molecule is CCOC(=O)C1CCCN(C(=O)c2ccncc2)CC1. The Balaban J connectivity index is 1.96. The molecule has 1 aliphatic rings. The summed E-state index contributed by atoms with van der Waals surface area (Å²) in [6, 6.07) is 3.44. The van der Waals surface area contributed by atoms with Crippen LogP contribution < -0.4 is 0 Å². The number of carbonyl (C=O) groups excluding carboxylic acids is 2. The van der Waals surface area contributed by atoms with Gasteiger partial charge in [-0.05, 0) is 38.3 Å². The van der Waals surface area contributed by atoms with Crippen LogP contribution in [0, 0.1) is 5.92 Å². The van der Waals surface area contributed by atoms with Crippen molar-refractivity contribution in [3.8, 4) is 0 Å².